The van der Waals surface area contributed by atoms with Crippen LogP contribution in [-0.4, -0.2) is 60.7 Å². The normalized spacial score (nSPS) is 21.3. The lowest BCUT2D eigenvalue weighted by Gasteiger charge is -2.47. The third-order valence-corrected chi connectivity index (χ3v) is 8.27. The molecule has 4 atom stereocenters. The van der Waals surface area contributed by atoms with Gasteiger partial charge >= 0.3 is 0 Å². The molecule has 230 valence electrons. The number of aliphatic hydroxyl groups excluding tert-OH is 1. The summed E-state index contributed by atoms with van der Waals surface area (Å²) in [5.41, 5.74) is 2.29. The van der Waals surface area contributed by atoms with Gasteiger partial charge in [-0.1, -0.05) is 139 Å². The molecule has 5 nitrogen and oxygen atoms in total. The van der Waals surface area contributed by atoms with Gasteiger partial charge in [-0.05, 0) is 30.5 Å². The number of nitrogens with zero attached hydrogens (tertiary/aromatic N) is 1. The van der Waals surface area contributed by atoms with Gasteiger partial charge in [0.25, 0.3) is 0 Å². The van der Waals surface area contributed by atoms with Crippen LogP contribution in [0.3, 0.4) is 0 Å². The van der Waals surface area contributed by atoms with Crippen molar-refractivity contribution in [2.45, 2.75) is 128 Å². The number of β-amino-alcohol motifs (C(OH)–C–C–N with tert-alkyl or cyclic N) is 1. The molecule has 0 spiro atoms. The first-order chi connectivity index (χ1) is 20.2. The molecule has 1 fully saturated rings. The van der Waals surface area contributed by atoms with Crippen LogP contribution in [0.5, 0.6) is 0 Å². The Kier molecular flexibility index (Phi) is 17.3. The van der Waals surface area contributed by atoms with E-state index in [0.717, 1.165) is 24.9 Å². The molecule has 5 heteroatoms. The van der Waals surface area contributed by atoms with Gasteiger partial charge in [0.2, 0.25) is 0 Å². The van der Waals surface area contributed by atoms with Crippen molar-refractivity contribution in [2.24, 2.45) is 0 Å². The molecule has 3 rings (SSSR count). The van der Waals surface area contributed by atoms with Crippen LogP contribution in [0.25, 0.3) is 0 Å². The van der Waals surface area contributed by atoms with Crippen molar-refractivity contribution < 1.29 is 19.3 Å². The van der Waals surface area contributed by atoms with Crippen molar-refractivity contribution in [3.63, 3.8) is 0 Å². The quantitative estimate of drug-likeness (QED) is 0.146. The van der Waals surface area contributed by atoms with E-state index in [1.54, 1.807) is 0 Å². The van der Waals surface area contributed by atoms with Gasteiger partial charge in [0.05, 0.1) is 32.0 Å². The van der Waals surface area contributed by atoms with Gasteiger partial charge < -0.3 is 19.3 Å². The van der Waals surface area contributed by atoms with Crippen LogP contribution in [-0.2, 0) is 27.4 Å². The lowest BCUT2D eigenvalue weighted by molar-refractivity contribution is -0.193. The van der Waals surface area contributed by atoms with E-state index in [2.05, 4.69) is 55.1 Å². The summed E-state index contributed by atoms with van der Waals surface area (Å²) in [6, 6.07) is 20.6. The maximum absolute atomic E-state index is 11.4. The smallest absolute Gasteiger partial charge is 0.113 e. The van der Waals surface area contributed by atoms with Gasteiger partial charge in [-0.15, -0.1) is 0 Å². The maximum Gasteiger partial charge on any atom is 0.113 e. The molecule has 0 aromatic heterocycles. The Morgan fingerprint density at radius 1 is 0.659 bits per heavy atom. The summed E-state index contributed by atoms with van der Waals surface area (Å²) in [4.78, 5) is 2.42. The molecule has 0 bridgehead atoms. The average Bonchev–Trinajstić information content (AvgIpc) is 3.00. The fourth-order valence-corrected chi connectivity index (χ4v) is 5.83. The lowest BCUT2D eigenvalue weighted by Crippen LogP contribution is -2.64. The fraction of sp³-hybridized carbons (Fsp3) is 0.667. The molecular weight excluding hydrogens is 510 g/mol. The lowest BCUT2D eigenvalue weighted by atomic mass is 9.93. The van der Waals surface area contributed by atoms with Crippen molar-refractivity contribution in [3.05, 3.63) is 71.8 Å². The summed E-state index contributed by atoms with van der Waals surface area (Å²) in [5.74, 6) is 0. The maximum atomic E-state index is 11.4. The van der Waals surface area contributed by atoms with Crippen molar-refractivity contribution in [1.82, 2.24) is 4.90 Å². The second-order valence-corrected chi connectivity index (χ2v) is 11.8. The molecule has 2 aromatic carbocycles. The monoisotopic (exact) mass is 567 g/mol. The Balaban J connectivity index is 1.68. The zero-order valence-electron chi connectivity index (χ0n) is 25.9. The van der Waals surface area contributed by atoms with E-state index in [1.807, 2.05) is 24.3 Å². The molecule has 41 heavy (non-hydrogen) atoms. The average molecular weight is 568 g/mol. The number of rotatable bonds is 22. The van der Waals surface area contributed by atoms with Crippen LogP contribution in [0.1, 0.15) is 102 Å². The summed E-state index contributed by atoms with van der Waals surface area (Å²) in [5, 5.41) is 11.4. The molecule has 1 heterocycles. The summed E-state index contributed by atoms with van der Waals surface area (Å²) in [6.07, 6.45) is 13.6. The first-order valence-electron chi connectivity index (χ1n) is 16.5. The molecule has 0 unspecified atom stereocenters. The van der Waals surface area contributed by atoms with E-state index in [-0.39, 0.29) is 18.2 Å². The number of hydrogen-bond acceptors (Lipinski definition) is 5. The minimum atomic E-state index is -0.598. The van der Waals surface area contributed by atoms with E-state index in [1.165, 1.54) is 69.8 Å². The Morgan fingerprint density at radius 2 is 1.22 bits per heavy atom. The first kappa shape index (κ1) is 33.7. The first-order valence-corrected chi connectivity index (χ1v) is 16.5. The molecule has 1 aliphatic rings. The number of piperidine rings is 1. The number of likely N-dealkylation sites (tertiary alicyclic amines) is 1. The molecule has 1 saturated heterocycles. The fourth-order valence-electron chi connectivity index (χ4n) is 5.83. The highest BCUT2D eigenvalue weighted by Crippen LogP contribution is 2.27. The minimum absolute atomic E-state index is 0.0404. The number of hydrogen-bond donors (Lipinski definition) is 1. The highest BCUT2D eigenvalue weighted by Gasteiger charge is 2.44. The zero-order chi connectivity index (χ0) is 29.0. The highest BCUT2D eigenvalue weighted by molar-refractivity contribution is 5.14. The third kappa shape index (κ3) is 13.0. The van der Waals surface area contributed by atoms with E-state index in [0.29, 0.717) is 33.0 Å². The number of unbranched alkanes of at least 4 members (excludes halogenated alkanes) is 10. The second kappa shape index (κ2) is 21.0. The minimum Gasteiger partial charge on any atom is -0.389 e. The van der Waals surface area contributed by atoms with Crippen LogP contribution >= 0.6 is 0 Å². The SMILES string of the molecule is CCCCCCCCO[C@H]1[C@H](OCc2ccccc2)[C@H](O)CN(CCCCCCCC)[C@@H]1COCc1ccccc1. The van der Waals surface area contributed by atoms with Gasteiger partial charge in [0.1, 0.15) is 12.2 Å². The van der Waals surface area contributed by atoms with E-state index < -0.39 is 6.10 Å². The Morgan fingerprint density at radius 3 is 1.85 bits per heavy atom. The highest BCUT2D eigenvalue weighted by atomic mass is 16.6. The molecule has 1 aliphatic heterocycles. The number of ether oxygens (including phenoxy) is 3. The summed E-state index contributed by atoms with van der Waals surface area (Å²) >= 11 is 0. The van der Waals surface area contributed by atoms with Gasteiger partial charge in [0.15, 0.2) is 0 Å². The van der Waals surface area contributed by atoms with Crippen LogP contribution < -0.4 is 0 Å². The van der Waals surface area contributed by atoms with Crippen LogP contribution in [0, 0.1) is 0 Å². The van der Waals surface area contributed by atoms with Gasteiger partial charge in [-0.2, -0.15) is 0 Å². The van der Waals surface area contributed by atoms with Crippen molar-refractivity contribution in [2.75, 3.05) is 26.3 Å². The van der Waals surface area contributed by atoms with E-state index >= 15 is 0 Å². The standard InChI is InChI=1S/C36H57NO4/c1-3-5-7-9-11-19-25-37-27-34(38)36(41-29-32-23-17-14-18-24-32)35(40-26-20-12-10-8-6-4-2)33(37)30-39-28-31-21-15-13-16-22-31/h13-18,21-24,33-36,38H,3-12,19-20,25-30H2,1-2H3/t33-,34-,35-,36-/m1/s1. The van der Waals surface area contributed by atoms with Gasteiger partial charge in [0, 0.05) is 13.2 Å². The van der Waals surface area contributed by atoms with E-state index in [9.17, 15) is 5.11 Å². The van der Waals surface area contributed by atoms with Crippen molar-refractivity contribution in [3.8, 4) is 0 Å². The van der Waals surface area contributed by atoms with Crippen LogP contribution in [0.2, 0.25) is 0 Å². The van der Waals surface area contributed by atoms with Crippen LogP contribution in [0.4, 0.5) is 0 Å². The Bertz CT molecular complexity index is 880. The van der Waals surface area contributed by atoms with Gasteiger partial charge in [-0.25, -0.2) is 0 Å². The number of aliphatic hydroxyl groups is 1. The molecule has 1 N–H and O–H groups in total. The third-order valence-electron chi connectivity index (χ3n) is 8.27. The van der Waals surface area contributed by atoms with Crippen molar-refractivity contribution in [1.29, 1.82) is 0 Å². The molecule has 0 aliphatic carbocycles. The van der Waals surface area contributed by atoms with Crippen molar-refractivity contribution >= 4 is 0 Å². The molecule has 0 amide bonds. The predicted molar refractivity (Wildman–Crippen MR) is 169 cm³/mol. The summed E-state index contributed by atoms with van der Waals surface area (Å²) < 4.78 is 19.5. The van der Waals surface area contributed by atoms with Crippen LogP contribution in [0.15, 0.2) is 60.7 Å². The largest absolute Gasteiger partial charge is 0.389 e. The number of benzene rings is 2. The molecule has 0 saturated carbocycles. The Hall–Kier alpha value is -1.76. The molecule has 2 aromatic rings. The second-order valence-electron chi connectivity index (χ2n) is 11.8. The predicted octanol–water partition coefficient (Wildman–Crippen LogP) is 7.94. The molecule has 0 radical (unpaired) electrons. The molecular formula is C36H57NO4. The Labute approximate surface area is 250 Å². The summed E-state index contributed by atoms with van der Waals surface area (Å²) in [6.45, 7) is 8.34. The van der Waals surface area contributed by atoms with Gasteiger partial charge in [-0.3, -0.25) is 4.90 Å². The topological polar surface area (TPSA) is 51.2 Å². The zero-order valence-corrected chi connectivity index (χ0v) is 25.9. The summed E-state index contributed by atoms with van der Waals surface area (Å²) in [7, 11) is 0. The van der Waals surface area contributed by atoms with E-state index in [4.69, 9.17) is 14.2 Å².